The molecule has 0 radical (unpaired) electrons. The van der Waals surface area contributed by atoms with Crippen LogP contribution in [0.25, 0.3) is 6.08 Å². The lowest BCUT2D eigenvalue weighted by Gasteiger charge is -2.20. The molecule has 0 saturated carbocycles. The third-order valence-corrected chi connectivity index (χ3v) is 4.11. The molecule has 0 aromatic heterocycles. The summed E-state index contributed by atoms with van der Waals surface area (Å²) in [5.74, 6) is 1.43. The second-order valence-electron chi connectivity index (χ2n) is 5.08. The number of rotatable bonds is 4. The average Bonchev–Trinajstić information content (AvgIpc) is 2.62. The maximum Gasteiger partial charge on any atom is 0.336 e. The van der Waals surface area contributed by atoms with Gasteiger partial charge < -0.3 is 18.9 Å². The minimum Gasteiger partial charge on any atom is -0.493 e. The van der Waals surface area contributed by atoms with E-state index in [1.165, 1.54) is 12.1 Å². The number of fused-ring (bicyclic) bond motifs is 1. The maximum atomic E-state index is 12.0. The summed E-state index contributed by atoms with van der Waals surface area (Å²) in [4.78, 5) is 12.0. The first kappa shape index (κ1) is 17.5. The largest absolute Gasteiger partial charge is 0.493 e. The molecule has 1 aliphatic heterocycles. The summed E-state index contributed by atoms with van der Waals surface area (Å²) in [5.41, 5.74) is 0.715. The topological polar surface area (TPSA) is 54.0 Å². The van der Waals surface area contributed by atoms with E-state index in [-0.39, 0.29) is 0 Å². The van der Waals surface area contributed by atoms with Gasteiger partial charge in [0.25, 0.3) is 0 Å². The Morgan fingerprint density at radius 2 is 1.92 bits per heavy atom. The number of benzene rings is 2. The number of hydrogen-bond donors (Lipinski definition) is 0. The number of carbonyl (C=O) groups excluding carboxylic acids is 1. The van der Waals surface area contributed by atoms with Crippen LogP contribution in [0.4, 0.5) is 0 Å². The van der Waals surface area contributed by atoms with Gasteiger partial charge >= 0.3 is 5.97 Å². The van der Waals surface area contributed by atoms with Crippen molar-refractivity contribution in [3.8, 4) is 23.0 Å². The second-order valence-corrected chi connectivity index (χ2v) is 5.89. The van der Waals surface area contributed by atoms with E-state index in [0.29, 0.717) is 51.8 Å². The number of halogens is 2. The number of ether oxygens (including phenoxy) is 4. The Labute approximate surface area is 154 Å². The zero-order chi connectivity index (χ0) is 17.8. The quantitative estimate of drug-likeness (QED) is 0.447. The molecule has 0 aliphatic carbocycles. The van der Waals surface area contributed by atoms with Gasteiger partial charge in [-0.15, -0.1) is 0 Å². The summed E-state index contributed by atoms with van der Waals surface area (Å²) in [6.45, 7) is 0.928. The monoisotopic (exact) mass is 380 g/mol. The summed E-state index contributed by atoms with van der Waals surface area (Å²) in [6.07, 6.45) is 2.90. The van der Waals surface area contributed by atoms with E-state index in [9.17, 15) is 4.79 Å². The highest BCUT2D eigenvalue weighted by Gasteiger charge is 2.17. The van der Waals surface area contributed by atoms with Crippen molar-refractivity contribution >= 4 is 35.2 Å². The van der Waals surface area contributed by atoms with Gasteiger partial charge in [-0.05, 0) is 35.9 Å². The SMILES string of the molecule is COc1cc(/C=C/C(=O)Oc2ccc(Cl)c(Cl)c2)cc2c1OCCO2. The van der Waals surface area contributed by atoms with E-state index in [1.54, 1.807) is 37.5 Å². The van der Waals surface area contributed by atoms with Gasteiger partial charge in [-0.3, -0.25) is 0 Å². The first-order chi connectivity index (χ1) is 12.1. The molecule has 7 heteroatoms. The van der Waals surface area contributed by atoms with Crippen molar-refractivity contribution in [2.45, 2.75) is 0 Å². The number of hydrogen-bond acceptors (Lipinski definition) is 5. The smallest absolute Gasteiger partial charge is 0.336 e. The normalized spacial score (nSPS) is 12.9. The summed E-state index contributed by atoms with van der Waals surface area (Å²) in [7, 11) is 1.54. The molecule has 2 aromatic rings. The molecule has 130 valence electrons. The molecular formula is C18H14Cl2O5. The molecule has 0 unspecified atom stereocenters. The van der Waals surface area contributed by atoms with Gasteiger partial charge in [0.2, 0.25) is 5.75 Å². The minimum atomic E-state index is -0.549. The van der Waals surface area contributed by atoms with E-state index in [2.05, 4.69) is 0 Å². The Balaban J connectivity index is 1.74. The van der Waals surface area contributed by atoms with Crippen molar-refractivity contribution in [3.63, 3.8) is 0 Å². The Morgan fingerprint density at radius 3 is 2.68 bits per heavy atom. The van der Waals surface area contributed by atoms with Crippen LogP contribution in [-0.2, 0) is 4.79 Å². The lowest BCUT2D eigenvalue weighted by Crippen LogP contribution is -2.16. The Morgan fingerprint density at radius 1 is 1.12 bits per heavy atom. The van der Waals surface area contributed by atoms with E-state index >= 15 is 0 Å². The average molecular weight is 381 g/mol. The van der Waals surface area contributed by atoms with Crippen molar-refractivity contribution in [1.82, 2.24) is 0 Å². The highest BCUT2D eigenvalue weighted by molar-refractivity contribution is 6.42. The molecule has 0 bridgehead atoms. The van der Waals surface area contributed by atoms with Crippen molar-refractivity contribution in [2.75, 3.05) is 20.3 Å². The van der Waals surface area contributed by atoms with E-state index in [1.807, 2.05) is 0 Å². The molecule has 0 saturated heterocycles. The molecule has 0 amide bonds. The van der Waals surface area contributed by atoms with Gasteiger partial charge in [-0.2, -0.15) is 0 Å². The number of carbonyl (C=O) groups is 1. The summed E-state index contributed by atoms with van der Waals surface area (Å²) >= 11 is 11.7. The zero-order valence-corrected chi connectivity index (χ0v) is 14.8. The van der Waals surface area contributed by atoms with Gasteiger partial charge in [0.05, 0.1) is 17.2 Å². The van der Waals surface area contributed by atoms with Crippen molar-refractivity contribution in [2.24, 2.45) is 0 Å². The standard InChI is InChI=1S/C18H14Cl2O5/c1-22-15-8-11(9-16-18(15)24-7-6-23-16)2-5-17(21)25-12-3-4-13(19)14(20)10-12/h2-5,8-10H,6-7H2,1H3/b5-2+. The van der Waals surface area contributed by atoms with Crippen LogP contribution in [0.15, 0.2) is 36.4 Å². The van der Waals surface area contributed by atoms with Crippen LogP contribution >= 0.6 is 23.2 Å². The molecule has 0 N–H and O–H groups in total. The lowest BCUT2D eigenvalue weighted by molar-refractivity contribution is -0.128. The Kier molecular flexibility index (Phi) is 5.36. The van der Waals surface area contributed by atoms with Crippen LogP contribution < -0.4 is 18.9 Å². The third-order valence-electron chi connectivity index (χ3n) is 3.37. The van der Waals surface area contributed by atoms with Crippen LogP contribution in [0.1, 0.15) is 5.56 Å². The highest BCUT2D eigenvalue weighted by atomic mass is 35.5. The Bertz CT molecular complexity index is 815. The first-order valence-corrected chi connectivity index (χ1v) is 8.15. The second kappa shape index (κ2) is 7.68. The van der Waals surface area contributed by atoms with Crippen LogP contribution in [0.5, 0.6) is 23.0 Å². The van der Waals surface area contributed by atoms with Gasteiger partial charge in [-0.25, -0.2) is 4.79 Å². The van der Waals surface area contributed by atoms with E-state index in [4.69, 9.17) is 42.1 Å². The molecule has 1 aliphatic rings. The number of methoxy groups -OCH3 is 1. The maximum absolute atomic E-state index is 12.0. The minimum absolute atomic E-state index is 0.309. The van der Waals surface area contributed by atoms with Gasteiger partial charge in [-0.1, -0.05) is 23.2 Å². The molecule has 1 heterocycles. The fourth-order valence-electron chi connectivity index (χ4n) is 2.24. The van der Waals surface area contributed by atoms with Crippen molar-refractivity contribution in [1.29, 1.82) is 0 Å². The highest BCUT2D eigenvalue weighted by Crippen LogP contribution is 2.40. The van der Waals surface area contributed by atoms with Crippen LogP contribution in [-0.4, -0.2) is 26.3 Å². The lowest BCUT2D eigenvalue weighted by atomic mass is 10.1. The fraction of sp³-hybridized carbons (Fsp3) is 0.167. The molecular weight excluding hydrogens is 367 g/mol. The molecule has 25 heavy (non-hydrogen) atoms. The van der Waals surface area contributed by atoms with Crippen molar-refractivity contribution < 1.29 is 23.7 Å². The van der Waals surface area contributed by atoms with Crippen LogP contribution in [0.3, 0.4) is 0 Å². The van der Waals surface area contributed by atoms with E-state index in [0.717, 1.165) is 0 Å². The molecule has 3 rings (SSSR count). The summed E-state index contributed by atoms with van der Waals surface area (Å²) in [6, 6.07) is 8.11. The molecule has 0 spiro atoms. The predicted molar refractivity (Wildman–Crippen MR) is 95.1 cm³/mol. The predicted octanol–water partition coefficient (Wildman–Crippen LogP) is 4.39. The number of esters is 1. The van der Waals surface area contributed by atoms with Gasteiger partial charge in [0.15, 0.2) is 11.5 Å². The van der Waals surface area contributed by atoms with Gasteiger partial charge in [0, 0.05) is 12.1 Å². The molecule has 0 fully saturated rings. The van der Waals surface area contributed by atoms with Gasteiger partial charge in [0.1, 0.15) is 19.0 Å². The first-order valence-electron chi connectivity index (χ1n) is 7.39. The van der Waals surface area contributed by atoms with E-state index < -0.39 is 5.97 Å². The molecule has 2 aromatic carbocycles. The molecule has 5 nitrogen and oxygen atoms in total. The van der Waals surface area contributed by atoms with Crippen LogP contribution in [0.2, 0.25) is 10.0 Å². The summed E-state index contributed by atoms with van der Waals surface area (Å²) < 4.78 is 21.6. The Hall–Kier alpha value is -2.37. The zero-order valence-electron chi connectivity index (χ0n) is 13.3. The molecule has 0 atom stereocenters. The van der Waals surface area contributed by atoms with Crippen molar-refractivity contribution in [3.05, 3.63) is 52.0 Å². The van der Waals surface area contributed by atoms with Crippen LogP contribution in [0, 0.1) is 0 Å². The third kappa shape index (κ3) is 4.18. The fourth-order valence-corrected chi connectivity index (χ4v) is 2.53. The summed E-state index contributed by atoms with van der Waals surface area (Å²) in [5, 5.41) is 0.702.